The van der Waals surface area contributed by atoms with Gasteiger partial charge in [-0.1, -0.05) is 19.3 Å². The summed E-state index contributed by atoms with van der Waals surface area (Å²) in [6, 6.07) is 1.86. The first-order valence-corrected chi connectivity index (χ1v) is 7.60. The summed E-state index contributed by atoms with van der Waals surface area (Å²) in [6.07, 6.45) is 6.32. The monoisotopic (exact) mass is 278 g/mol. The maximum atomic E-state index is 6.01. The van der Waals surface area contributed by atoms with E-state index in [9.17, 15) is 0 Å². The number of nitrogens with two attached hydrogens (primary N) is 1. The normalized spacial score (nSPS) is 17.8. The van der Waals surface area contributed by atoms with E-state index in [-0.39, 0.29) is 5.41 Å². The van der Waals surface area contributed by atoms with Crippen LogP contribution in [-0.4, -0.2) is 29.7 Å². The topological polar surface area (TPSA) is 73.1 Å². The maximum Gasteiger partial charge on any atom is 0.218 e. The molecule has 1 fully saturated rings. The molecule has 1 aliphatic rings. The molecule has 1 aromatic rings. The number of rotatable bonds is 6. The molecule has 0 aliphatic heterocycles. The van der Waals surface area contributed by atoms with Gasteiger partial charge in [0.2, 0.25) is 5.88 Å². The highest BCUT2D eigenvalue weighted by molar-refractivity contribution is 5.38. The minimum atomic E-state index is 0.225. The lowest BCUT2D eigenvalue weighted by Crippen LogP contribution is -2.39. The fourth-order valence-electron chi connectivity index (χ4n) is 2.89. The first-order chi connectivity index (χ1) is 9.67. The Morgan fingerprint density at radius 2 is 2.05 bits per heavy atom. The minimum Gasteiger partial charge on any atom is -0.478 e. The van der Waals surface area contributed by atoms with E-state index in [1.54, 1.807) is 0 Å². The van der Waals surface area contributed by atoms with Crippen LogP contribution < -0.4 is 15.8 Å². The van der Waals surface area contributed by atoms with Gasteiger partial charge in [-0.15, -0.1) is 0 Å². The highest BCUT2D eigenvalue weighted by Gasteiger charge is 2.30. The number of ether oxygens (including phenoxy) is 1. The van der Waals surface area contributed by atoms with Crippen LogP contribution in [0.2, 0.25) is 0 Å². The van der Waals surface area contributed by atoms with E-state index in [2.05, 4.69) is 15.3 Å². The predicted molar refractivity (Wildman–Crippen MR) is 81.0 cm³/mol. The van der Waals surface area contributed by atoms with Crippen molar-refractivity contribution < 1.29 is 4.74 Å². The Morgan fingerprint density at radius 1 is 1.30 bits per heavy atom. The third-order valence-electron chi connectivity index (χ3n) is 4.10. The van der Waals surface area contributed by atoms with Crippen molar-refractivity contribution in [3.05, 3.63) is 11.9 Å². The molecular formula is C15H26N4O. The molecular weight excluding hydrogens is 252 g/mol. The van der Waals surface area contributed by atoms with Crippen molar-refractivity contribution in [3.8, 4) is 5.88 Å². The van der Waals surface area contributed by atoms with E-state index in [1.165, 1.54) is 32.1 Å². The van der Waals surface area contributed by atoms with Gasteiger partial charge in [0, 0.05) is 12.6 Å². The molecule has 0 amide bonds. The Kier molecular flexibility index (Phi) is 5.17. The molecule has 0 saturated heterocycles. The van der Waals surface area contributed by atoms with Gasteiger partial charge in [-0.2, -0.15) is 4.98 Å². The molecule has 1 aromatic heterocycles. The predicted octanol–water partition coefficient (Wildman–Crippen LogP) is 2.50. The molecule has 5 nitrogen and oxygen atoms in total. The van der Waals surface area contributed by atoms with Crippen LogP contribution in [-0.2, 0) is 0 Å². The van der Waals surface area contributed by atoms with Crippen LogP contribution in [0.4, 0.5) is 5.82 Å². The van der Waals surface area contributed by atoms with E-state index in [0.29, 0.717) is 12.5 Å². The molecule has 2 rings (SSSR count). The van der Waals surface area contributed by atoms with E-state index in [1.807, 2.05) is 19.9 Å². The number of nitrogens with one attached hydrogen (secondary N) is 1. The quantitative estimate of drug-likeness (QED) is 0.836. The molecule has 0 radical (unpaired) electrons. The van der Waals surface area contributed by atoms with Gasteiger partial charge in [0.25, 0.3) is 0 Å². The van der Waals surface area contributed by atoms with Crippen LogP contribution in [0.1, 0.15) is 44.9 Å². The van der Waals surface area contributed by atoms with Crippen LogP contribution in [0.15, 0.2) is 6.07 Å². The molecule has 1 heterocycles. The van der Waals surface area contributed by atoms with Gasteiger partial charge in [-0.05, 0) is 38.6 Å². The molecule has 1 saturated carbocycles. The molecule has 1 aliphatic carbocycles. The van der Waals surface area contributed by atoms with Gasteiger partial charge in [0.05, 0.1) is 6.61 Å². The smallest absolute Gasteiger partial charge is 0.218 e. The van der Waals surface area contributed by atoms with Crippen molar-refractivity contribution in [1.82, 2.24) is 9.97 Å². The molecule has 5 heteroatoms. The van der Waals surface area contributed by atoms with E-state index < -0.39 is 0 Å². The molecule has 3 N–H and O–H groups in total. The van der Waals surface area contributed by atoms with Gasteiger partial charge in [-0.25, -0.2) is 4.98 Å². The van der Waals surface area contributed by atoms with Gasteiger partial charge in [-0.3, -0.25) is 0 Å². The van der Waals surface area contributed by atoms with Crippen LogP contribution in [0.25, 0.3) is 0 Å². The molecule has 0 unspecified atom stereocenters. The summed E-state index contributed by atoms with van der Waals surface area (Å²) in [7, 11) is 0. The number of aromatic nitrogens is 2. The molecule has 112 valence electrons. The third kappa shape index (κ3) is 3.82. The number of aryl methyl sites for hydroxylation is 1. The average molecular weight is 278 g/mol. The molecule has 0 spiro atoms. The van der Waals surface area contributed by atoms with Crippen molar-refractivity contribution in [2.45, 2.75) is 46.0 Å². The second-order valence-corrected chi connectivity index (χ2v) is 5.69. The zero-order valence-corrected chi connectivity index (χ0v) is 12.6. The zero-order valence-electron chi connectivity index (χ0n) is 12.6. The lowest BCUT2D eigenvalue weighted by Gasteiger charge is -2.36. The van der Waals surface area contributed by atoms with Gasteiger partial charge in [0.1, 0.15) is 11.6 Å². The third-order valence-corrected chi connectivity index (χ3v) is 4.10. The maximum absolute atomic E-state index is 6.01. The van der Waals surface area contributed by atoms with Crippen LogP contribution in [0.3, 0.4) is 0 Å². The lowest BCUT2D eigenvalue weighted by molar-refractivity contribution is 0.215. The Bertz CT molecular complexity index is 430. The standard InChI is InChI=1S/C15H26N4O/c1-3-20-14-9-13(18-12(2)19-14)17-11-15(10-16)7-5-4-6-8-15/h9H,3-8,10-11,16H2,1-2H3,(H,17,18,19). The largest absolute Gasteiger partial charge is 0.478 e. The summed E-state index contributed by atoms with van der Waals surface area (Å²) in [5.41, 5.74) is 6.24. The van der Waals surface area contributed by atoms with Crippen LogP contribution in [0, 0.1) is 12.3 Å². The van der Waals surface area contributed by atoms with Gasteiger partial charge < -0.3 is 15.8 Å². The first-order valence-electron chi connectivity index (χ1n) is 7.60. The second-order valence-electron chi connectivity index (χ2n) is 5.69. The molecule has 20 heavy (non-hydrogen) atoms. The highest BCUT2D eigenvalue weighted by Crippen LogP contribution is 2.35. The summed E-state index contributed by atoms with van der Waals surface area (Å²) in [6.45, 7) is 6.07. The molecule has 0 atom stereocenters. The van der Waals surface area contributed by atoms with Crippen molar-refractivity contribution in [1.29, 1.82) is 0 Å². The summed E-state index contributed by atoms with van der Waals surface area (Å²) >= 11 is 0. The molecule has 0 aromatic carbocycles. The number of hydrogen-bond acceptors (Lipinski definition) is 5. The van der Waals surface area contributed by atoms with Crippen molar-refractivity contribution in [2.24, 2.45) is 11.1 Å². The van der Waals surface area contributed by atoms with Crippen LogP contribution >= 0.6 is 0 Å². The highest BCUT2D eigenvalue weighted by atomic mass is 16.5. The number of nitrogens with zero attached hydrogens (tertiary/aromatic N) is 2. The fourth-order valence-corrected chi connectivity index (χ4v) is 2.89. The summed E-state index contributed by atoms with van der Waals surface area (Å²) in [5.74, 6) is 2.19. The SMILES string of the molecule is CCOc1cc(NCC2(CN)CCCCC2)nc(C)n1. The van der Waals surface area contributed by atoms with Crippen molar-refractivity contribution in [2.75, 3.05) is 25.0 Å². The minimum absolute atomic E-state index is 0.225. The summed E-state index contributed by atoms with van der Waals surface area (Å²) in [4.78, 5) is 8.68. The molecule has 0 bridgehead atoms. The lowest BCUT2D eigenvalue weighted by atomic mass is 9.74. The number of anilines is 1. The Balaban J connectivity index is 2.02. The van der Waals surface area contributed by atoms with E-state index >= 15 is 0 Å². The number of hydrogen-bond donors (Lipinski definition) is 2. The Labute approximate surface area is 121 Å². The van der Waals surface area contributed by atoms with Gasteiger partial charge in [0.15, 0.2) is 0 Å². The first kappa shape index (κ1) is 15.0. The van der Waals surface area contributed by atoms with Crippen LogP contribution in [0.5, 0.6) is 5.88 Å². The van der Waals surface area contributed by atoms with Gasteiger partial charge >= 0.3 is 0 Å². The summed E-state index contributed by atoms with van der Waals surface area (Å²) < 4.78 is 5.45. The fraction of sp³-hybridized carbons (Fsp3) is 0.733. The average Bonchev–Trinajstić information content (AvgIpc) is 2.46. The Morgan fingerprint density at radius 3 is 2.70 bits per heavy atom. The van der Waals surface area contributed by atoms with E-state index in [4.69, 9.17) is 10.5 Å². The summed E-state index contributed by atoms with van der Waals surface area (Å²) in [5, 5.41) is 3.43. The Hall–Kier alpha value is -1.36. The van der Waals surface area contributed by atoms with Crippen molar-refractivity contribution >= 4 is 5.82 Å². The second kappa shape index (κ2) is 6.88. The zero-order chi connectivity index (χ0) is 14.4. The van der Waals surface area contributed by atoms with E-state index in [0.717, 1.165) is 24.7 Å². The van der Waals surface area contributed by atoms with Crippen molar-refractivity contribution in [3.63, 3.8) is 0 Å².